The fourth-order valence-corrected chi connectivity index (χ4v) is 2.32. The van der Waals surface area contributed by atoms with Crippen LogP contribution in [0.4, 0.5) is 10.1 Å². The molecule has 0 atom stereocenters. The van der Waals surface area contributed by atoms with Crippen molar-refractivity contribution >= 4 is 39.4 Å². The van der Waals surface area contributed by atoms with E-state index in [2.05, 4.69) is 26.6 Å². The van der Waals surface area contributed by atoms with Crippen LogP contribution in [-0.4, -0.2) is 31.4 Å². The number of anilines is 1. The molecule has 0 spiro atoms. The summed E-state index contributed by atoms with van der Waals surface area (Å²) in [5.74, 6) is -2.21. The van der Waals surface area contributed by atoms with E-state index in [0.717, 1.165) is 6.07 Å². The molecular weight excluding hydrogens is 395 g/mol. The monoisotopic (exact) mass is 408 g/mol. The van der Waals surface area contributed by atoms with Crippen LogP contribution in [0.25, 0.3) is 0 Å². The molecule has 0 aliphatic rings. The molecule has 2 aromatic rings. The number of benzene rings is 2. The smallest absolute Gasteiger partial charge is 0.339 e. The van der Waals surface area contributed by atoms with Gasteiger partial charge in [-0.1, -0.05) is 0 Å². The average Bonchev–Trinajstić information content (AvgIpc) is 2.61. The highest BCUT2D eigenvalue weighted by atomic mass is 79.9. The van der Waals surface area contributed by atoms with Crippen LogP contribution in [-0.2, 0) is 9.53 Å². The highest BCUT2D eigenvalue weighted by Gasteiger charge is 2.14. The van der Waals surface area contributed by atoms with Gasteiger partial charge in [-0.2, -0.15) is 0 Å². The molecule has 2 aromatic carbocycles. The summed E-state index contributed by atoms with van der Waals surface area (Å²) in [5.41, 5.74) is 0.881. The first-order chi connectivity index (χ1) is 11.9. The summed E-state index contributed by atoms with van der Waals surface area (Å²) in [4.78, 5) is 35.1. The predicted molar refractivity (Wildman–Crippen MR) is 92.8 cm³/mol. The highest BCUT2D eigenvalue weighted by Crippen LogP contribution is 2.18. The van der Waals surface area contributed by atoms with Gasteiger partial charge in [0.2, 0.25) is 0 Å². The average molecular weight is 409 g/mol. The Morgan fingerprint density at radius 2 is 1.80 bits per heavy atom. The molecule has 25 heavy (non-hydrogen) atoms. The van der Waals surface area contributed by atoms with E-state index in [0.29, 0.717) is 15.7 Å². The zero-order valence-corrected chi connectivity index (χ0v) is 14.7. The van der Waals surface area contributed by atoms with Crippen LogP contribution in [0.2, 0.25) is 0 Å². The SMILES string of the molecule is CNC(=O)c1ccc(NC(=O)COC(=O)c2cc(F)ccc2Br)cc1. The van der Waals surface area contributed by atoms with Crippen molar-refractivity contribution in [3.05, 3.63) is 63.9 Å². The summed E-state index contributed by atoms with van der Waals surface area (Å²) in [6, 6.07) is 9.77. The Kier molecular flexibility index (Phi) is 6.24. The Morgan fingerprint density at radius 1 is 1.12 bits per heavy atom. The maximum Gasteiger partial charge on any atom is 0.339 e. The van der Waals surface area contributed by atoms with Gasteiger partial charge in [0.1, 0.15) is 5.82 Å². The van der Waals surface area contributed by atoms with E-state index in [9.17, 15) is 18.8 Å². The van der Waals surface area contributed by atoms with E-state index in [-0.39, 0.29) is 11.5 Å². The lowest BCUT2D eigenvalue weighted by molar-refractivity contribution is -0.119. The van der Waals surface area contributed by atoms with Crippen LogP contribution >= 0.6 is 15.9 Å². The third-order valence-corrected chi connectivity index (χ3v) is 3.83. The summed E-state index contributed by atoms with van der Waals surface area (Å²) >= 11 is 3.12. The number of ether oxygens (including phenoxy) is 1. The van der Waals surface area contributed by atoms with E-state index in [4.69, 9.17) is 4.74 Å². The summed E-state index contributed by atoms with van der Waals surface area (Å²) in [5, 5.41) is 5.01. The van der Waals surface area contributed by atoms with Gasteiger partial charge in [0, 0.05) is 22.8 Å². The fraction of sp³-hybridized carbons (Fsp3) is 0.118. The molecule has 2 N–H and O–H groups in total. The first-order valence-electron chi connectivity index (χ1n) is 7.15. The van der Waals surface area contributed by atoms with E-state index >= 15 is 0 Å². The summed E-state index contributed by atoms with van der Waals surface area (Å²) < 4.78 is 18.4. The van der Waals surface area contributed by atoms with Crippen LogP contribution in [0.1, 0.15) is 20.7 Å². The minimum absolute atomic E-state index is 0.0114. The molecule has 0 bridgehead atoms. The number of esters is 1. The van der Waals surface area contributed by atoms with Gasteiger partial charge >= 0.3 is 5.97 Å². The molecule has 0 radical (unpaired) electrons. The number of nitrogens with one attached hydrogen (secondary N) is 2. The quantitative estimate of drug-likeness (QED) is 0.744. The van der Waals surface area contributed by atoms with Crippen molar-refractivity contribution in [3.63, 3.8) is 0 Å². The van der Waals surface area contributed by atoms with E-state index in [1.165, 1.54) is 19.2 Å². The van der Waals surface area contributed by atoms with Gasteiger partial charge in [-0.05, 0) is 58.4 Å². The van der Waals surface area contributed by atoms with Crippen molar-refractivity contribution in [2.24, 2.45) is 0 Å². The normalized spacial score (nSPS) is 10.0. The Labute approximate surface area is 151 Å². The molecule has 2 amide bonds. The molecule has 0 saturated heterocycles. The maximum absolute atomic E-state index is 13.2. The number of carbonyl (C=O) groups excluding carboxylic acids is 3. The van der Waals surface area contributed by atoms with Crippen LogP contribution < -0.4 is 10.6 Å². The maximum atomic E-state index is 13.2. The number of hydrogen-bond acceptors (Lipinski definition) is 4. The molecular formula is C17H14BrFN2O4. The van der Waals surface area contributed by atoms with Gasteiger partial charge in [-0.25, -0.2) is 9.18 Å². The van der Waals surface area contributed by atoms with E-state index < -0.39 is 24.3 Å². The number of hydrogen-bond donors (Lipinski definition) is 2. The molecule has 0 unspecified atom stereocenters. The Morgan fingerprint density at radius 3 is 2.44 bits per heavy atom. The van der Waals surface area contributed by atoms with Crippen molar-refractivity contribution in [3.8, 4) is 0 Å². The van der Waals surface area contributed by atoms with E-state index in [1.807, 2.05) is 0 Å². The second-order valence-electron chi connectivity index (χ2n) is 4.90. The first kappa shape index (κ1) is 18.6. The summed E-state index contributed by atoms with van der Waals surface area (Å²) in [6.07, 6.45) is 0. The Hall–Kier alpha value is -2.74. The van der Waals surface area contributed by atoms with Gasteiger partial charge in [-0.3, -0.25) is 9.59 Å². The summed E-state index contributed by atoms with van der Waals surface area (Å²) in [7, 11) is 1.52. The molecule has 2 rings (SSSR count). The molecule has 0 saturated carbocycles. The lowest BCUT2D eigenvalue weighted by Crippen LogP contribution is -2.21. The Bertz CT molecular complexity index is 809. The molecule has 0 aliphatic heterocycles. The van der Waals surface area contributed by atoms with Gasteiger partial charge in [-0.15, -0.1) is 0 Å². The van der Waals surface area contributed by atoms with Crippen molar-refractivity contribution in [2.45, 2.75) is 0 Å². The molecule has 6 nitrogen and oxygen atoms in total. The zero-order valence-electron chi connectivity index (χ0n) is 13.1. The number of amides is 2. The number of halogens is 2. The minimum atomic E-state index is -0.823. The van der Waals surface area contributed by atoms with Crippen molar-refractivity contribution < 1.29 is 23.5 Å². The van der Waals surface area contributed by atoms with Gasteiger partial charge in [0.15, 0.2) is 6.61 Å². The van der Waals surface area contributed by atoms with E-state index in [1.54, 1.807) is 24.3 Å². The Balaban J connectivity index is 1.91. The van der Waals surface area contributed by atoms with Crippen molar-refractivity contribution in [1.29, 1.82) is 0 Å². The standard InChI is InChI=1S/C17H14BrFN2O4/c1-20-16(23)10-2-5-12(6-3-10)21-15(22)9-25-17(24)13-8-11(19)4-7-14(13)18/h2-8H,9H2,1H3,(H,20,23)(H,21,22). The third-order valence-electron chi connectivity index (χ3n) is 3.14. The second-order valence-corrected chi connectivity index (χ2v) is 5.76. The molecule has 0 aliphatic carbocycles. The number of carbonyl (C=O) groups is 3. The first-order valence-corrected chi connectivity index (χ1v) is 7.94. The predicted octanol–water partition coefficient (Wildman–Crippen LogP) is 2.74. The lowest BCUT2D eigenvalue weighted by Gasteiger charge is -2.08. The van der Waals surface area contributed by atoms with Gasteiger partial charge < -0.3 is 15.4 Å². The highest BCUT2D eigenvalue weighted by molar-refractivity contribution is 9.10. The summed E-state index contributed by atoms with van der Waals surface area (Å²) in [6.45, 7) is -0.529. The lowest BCUT2D eigenvalue weighted by atomic mass is 10.2. The second kappa shape index (κ2) is 8.39. The fourth-order valence-electron chi connectivity index (χ4n) is 1.91. The molecule has 8 heteroatoms. The molecule has 130 valence electrons. The van der Waals surface area contributed by atoms with Crippen LogP contribution in [0.15, 0.2) is 46.9 Å². The number of rotatable bonds is 5. The van der Waals surface area contributed by atoms with Crippen molar-refractivity contribution in [2.75, 3.05) is 19.0 Å². The van der Waals surface area contributed by atoms with Crippen molar-refractivity contribution in [1.82, 2.24) is 5.32 Å². The molecule has 0 fully saturated rings. The van der Waals surface area contributed by atoms with Crippen LogP contribution in [0.5, 0.6) is 0 Å². The third kappa shape index (κ3) is 5.12. The van der Waals surface area contributed by atoms with Crippen LogP contribution in [0.3, 0.4) is 0 Å². The van der Waals surface area contributed by atoms with Gasteiger partial charge in [0.05, 0.1) is 5.56 Å². The molecule has 0 aromatic heterocycles. The largest absolute Gasteiger partial charge is 0.452 e. The van der Waals surface area contributed by atoms with Crippen LogP contribution in [0, 0.1) is 5.82 Å². The molecule has 0 heterocycles. The topological polar surface area (TPSA) is 84.5 Å². The minimum Gasteiger partial charge on any atom is -0.452 e. The van der Waals surface area contributed by atoms with Gasteiger partial charge in [0.25, 0.3) is 11.8 Å². The zero-order chi connectivity index (χ0) is 18.4.